The summed E-state index contributed by atoms with van der Waals surface area (Å²) >= 11 is 9.08. The molecule has 0 bridgehead atoms. The minimum Gasteiger partial charge on any atom is -0.493 e. The third-order valence-corrected chi connectivity index (χ3v) is 3.96. The number of benzene rings is 1. The number of halogens is 2. The van der Waals surface area contributed by atoms with Crippen LogP contribution in [0.25, 0.3) is 5.69 Å². The number of aromatic hydroxyl groups is 1. The summed E-state index contributed by atoms with van der Waals surface area (Å²) in [7, 11) is 0. The van der Waals surface area contributed by atoms with Crippen molar-refractivity contribution in [3.8, 4) is 11.6 Å². The van der Waals surface area contributed by atoms with Crippen LogP contribution < -0.4 is 11.2 Å². The molecule has 0 unspecified atom stereocenters. The molecule has 3 rings (SSSR count). The highest BCUT2D eigenvalue weighted by Gasteiger charge is 2.14. The molecule has 0 saturated heterocycles. The zero-order valence-electron chi connectivity index (χ0n) is 12.5. The molecule has 0 fully saturated rings. The molecular formula is C16H10BrClN4O3. The van der Waals surface area contributed by atoms with Gasteiger partial charge < -0.3 is 5.11 Å². The Labute approximate surface area is 154 Å². The largest absolute Gasteiger partial charge is 0.493 e. The maximum absolute atomic E-state index is 12.1. The maximum atomic E-state index is 12.1. The molecule has 2 heterocycles. The summed E-state index contributed by atoms with van der Waals surface area (Å²) in [5.41, 5.74) is -1.35. The number of rotatable bonds is 3. The number of aromatic nitrogens is 3. The molecule has 0 radical (unpaired) electrons. The minimum absolute atomic E-state index is 0.167. The zero-order valence-corrected chi connectivity index (χ0v) is 14.8. The molecular weight excluding hydrogens is 412 g/mol. The first-order valence-corrected chi connectivity index (χ1v) is 8.12. The number of aromatic amines is 1. The van der Waals surface area contributed by atoms with Crippen LogP contribution in [0.5, 0.6) is 5.88 Å². The summed E-state index contributed by atoms with van der Waals surface area (Å²) in [6.07, 6.45) is 2.70. The van der Waals surface area contributed by atoms with E-state index in [-0.39, 0.29) is 5.56 Å². The maximum Gasteiger partial charge on any atom is 0.335 e. The Balaban J connectivity index is 2.10. The molecule has 1 aromatic carbocycles. The zero-order chi connectivity index (χ0) is 18.0. The Morgan fingerprint density at radius 2 is 1.92 bits per heavy atom. The average molecular weight is 422 g/mol. The van der Waals surface area contributed by atoms with Crippen molar-refractivity contribution in [2.24, 2.45) is 4.99 Å². The van der Waals surface area contributed by atoms with Crippen LogP contribution >= 0.6 is 27.5 Å². The molecule has 0 aliphatic rings. The van der Waals surface area contributed by atoms with E-state index in [0.717, 1.165) is 15.3 Å². The molecule has 0 amide bonds. The predicted octanol–water partition coefficient (Wildman–Crippen LogP) is 2.79. The summed E-state index contributed by atoms with van der Waals surface area (Å²) in [4.78, 5) is 34.3. The van der Waals surface area contributed by atoms with E-state index in [2.05, 4.69) is 30.9 Å². The molecule has 25 heavy (non-hydrogen) atoms. The van der Waals surface area contributed by atoms with Crippen LogP contribution in [0.2, 0.25) is 5.02 Å². The van der Waals surface area contributed by atoms with E-state index in [1.54, 1.807) is 42.6 Å². The first-order valence-electron chi connectivity index (χ1n) is 6.95. The molecule has 0 saturated carbocycles. The fraction of sp³-hybridized carbons (Fsp3) is 0. The lowest BCUT2D eigenvalue weighted by molar-refractivity contribution is 0.430. The van der Waals surface area contributed by atoms with Crippen LogP contribution in [0.3, 0.4) is 0 Å². The van der Waals surface area contributed by atoms with Gasteiger partial charge in [0.1, 0.15) is 5.56 Å². The lowest BCUT2D eigenvalue weighted by atomic mass is 10.3. The van der Waals surface area contributed by atoms with Crippen LogP contribution in [-0.2, 0) is 0 Å². The number of pyridine rings is 1. The predicted molar refractivity (Wildman–Crippen MR) is 98.5 cm³/mol. The summed E-state index contributed by atoms with van der Waals surface area (Å²) in [5.74, 6) is -0.192. The van der Waals surface area contributed by atoms with E-state index >= 15 is 0 Å². The Hall–Kier alpha value is -2.71. The van der Waals surface area contributed by atoms with Crippen molar-refractivity contribution in [3.63, 3.8) is 0 Å². The number of nitrogens with one attached hydrogen (secondary N) is 1. The average Bonchev–Trinajstić information content (AvgIpc) is 2.57. The molecule has 0 aliphatic heterocycles. The number of aliphatic imine (C=N–C) groups is 1. The Kier molecular flexibility index (Phi) is 4.82. The Morgan fingerprint density at radius 3 is 2.56 bits per heavy atom. The monoisotopic (exact) mass is 420 g/mol. The topological polar surface area (TPSA) is 100 Å². The first kappa shape index (κ1) is 17.1. The van der Waals surface area contributed by atoms with Crippen molar-refractivity contribution in [1.29, 1.82) is 0 Å². The molecule has 126 valence electrons. The third kappa shape index (κ3) is 3.70. The molecule has 0 aliphatic carbocycles. The quantitative estimate of drug-likeness (QED) is 0.635. The van der Waals surface area contributed by atoms with Crippen molar-refractivity contribution in [2.45, 2.75) is 0 Å². The van der Waals surface area contributed by atoms with Gasteiger partial charge in [0.05, 0.1) is 5.69 Å². The second-order valence-electron chi connectivity index (χ2n) is 4.90. The summed E-state index contributed by atoms with van der Waals surface area (Å²) in [6, 6.07) is 9.57. The van der Waals surface area contributed by atoms with Crippen molar-refractivity contribution in [2.75, 3.05) is 0 Å². The lowest BCUT2D eigenvalue weighted by Gasteiger charge is -2.09. The van der Waals surface area contributed by atoms with Crippen LogP contribution in [0, 0.1) is 0 Å². The van der Waals surface area contributed by atoms with Crippen LogP contribution in [0.15, 0.2) is 61.6 Å². The summed E-state index contributed by atoms with van der Waals surface area (Å²) in [5, 5.41) is 10.9. The van der Waals surface area contributed by atoms with Crippen molar-refractivity contribution < 1.29 is 5.11 Å². The number of hydrogen-bond donors (Lipinski definition) is 2. The number of nitrogens with zero attached hydrogens (tertiary/aromatic N) is 3. The molecule has 7 nitrogen and oxygen atoms in total. The van der Waals surface area contributed by atoms with Gasteiger partial charge >= 0.3 is 5.69 Å². The van der Waals surface area contributed by atoms with Crippen LogP contribution in [0.1, 0.15) is 5.56 Å². The smallest absolute Gasteiger partial charge is 0.335 e. The minimum atomic E-state index is -0.774. The van der Waals surface area contributed by atoms with Gasteiger partial charge in [-0.25, -0.2) is 19.3 Å². The molecule has 0 atom stereocenters. The Bertz CT molecular complexity index is 1060. The van der Waals surface area contributed by atoms with Crippen molar-refractivity contribution >= 4 is 39.6 Å². The van der Waals surface area contributed by atoms with Gasteiger partial charge in [0, 0.05) is 21.9 Å². The van der Waals surface area contributed by atoms with Gasteiger partial charge in [-0.05, 0) is 52.3 Å². The van der Waals surface area contributed by atoms with Gasteiger partial charge in [-0.1, -0.05) is 11.6 Å². The second-order valence-corrected chi connectivity index (χ2v) is 6.25. The van der Waals surface area contributed by atoms with E-state index in [0.29, 0.717) is 16.5 Å². The summed E-state index contributed by atoms with van der Waals surface area (Å²) in [6.45, 7) is 0. The SMILES string of the molecule is O=c1[nH]c(=O)n(-c2ccc(Cl)cc2)c(O)c1C=Nc1ccc(Br)cn1. The fourth-order valence-corrected chi connectivity index (χ4v) is 2.42. The highest BCUT2D eigenvalue weighted by molar-refractivity contribution is 9.10. The second kappa shape index (κ2) is 7.04. The van der Waals surface area contributed by atoms with E-state index in [4.69, 9.17) is 11.6 Å². The van der Waals surface area contributed by atoms with Gasteiger partial charge in [-0.3, -0.25) is 9.78 Å². The highest BCUT2D eigenvalue weighted by Crippen LogP contribution is 2.18. The standard InChI is InChI=1S/C16H10BrClN4O3/c17-9-1-6-13(19-7-9)20-8-12-14(23)21-16(25)22(15(12)24)11-4-2-10(18)3-5-11/h1-8,24H,(H,21,23,25). The summed E-state index contributed by atoms with van der Waals surface area (Å²) < 4.78 is 1.73. The molecule has 2 N–H and O–H groups in total. The van der Waals surface area contributed by atoms with Gasteiger partial charge in [-0.15, -0.1) is 0 Å². The molecule has 9 heteroatoms. The Morgan fingerprint density at radius 1 is 1.20 bits per heavy atom. The first-order chi connectivity index (χ1) is 12.0. The molecule has 2 aromatic heterocycles. The van der Waals surface area contributed by atoms with Crippen molar-refractivity contribution in [1.82, 2.24) is 14.5 Å². The van der Waals surface area contributed by atoms with Gasteiger partial charge in [0.2, 0.25) is 5.88 Å². The van der Waals surface area contributed by atoms with Gasteiger partial charge in [0.15, 0.2) is 5.82 Å². The van der Waals surface area contributed by atoms with E-state index in [9.17, 15) is 14.7 Å². The highest BCUT2D eigenvalue weighted by atomic mass is 79.9. The number of H-pyrrole nitrogens is 1. The van der Waals surface area contributed by atoms with Crippen LogP contribution in [-0.4, -0.2) is 25.9 Å². The van der Waals surface area contributed by atoms with Gasteiger partial charge in [-0.2, -0.15) is 0 Å². The van der Waals surface area contributed by atoms with Gasteiger partial charge in [0.25, 0.3) is 5.56 Å². The molecule has 0 spiro atoms. The van der Waals surface area contributed by atoms with Crippen molar-refractivity contribution in [3.05, 3.63) is 78.5 Å². The van der Waals surface area contributed by atoms with E-state index < -0.39 is 17.1 Å². The van der Waals surface area contributed by atoms with Crippen LogP contribution in [0.4, 0.5) is 5.82 Å². The molecule has 3 aromatic rings. The fourth-order valence-electron chi connectivity index (χ4n) is 2.06. The van der Waals surface area contributed by atoms with E-state index in [1.807, 2.05) is 0 Å². The third-order valence-electron chi connectivity index (χ3n) is 3.24. The van der Waals surface area contributed by atoms with E-state index in [1.165, 1.54) is 0 Å². The normalized spacial score (nSPS) is 11.1. The number of hydrogen-bond acceptors (Lipinski definition) is 5. The lowest BCUT2D eigenvalue weighted by Crippen LogP contribution is -2.31.